The minimum atomic E-state index is -0.451. The summed E-state index contributed by atoms with van der Waals surface area (Å²) in [6.07, 6.45) is 3.62. The lowest BCUT2D eigenvalue weighted by Crippen LogP contribution is -2.13. The van der Waals surface area contributed by atoms with Crippen molar-refractivity contribution in [3.8, 4) is 11.8 Å². The van der Waals surface area contributed by atoms with Crippen LogP contribution in [0.1, 0.15) is 11.1 Å². The van der Waals surface area contributed by atoms with Gasteiger partial charge in [-0.2, -0.15) is 5.26 Å². The van der Waals surface area contributed by atoms with Gasteiger partial charge in [-0.15, -0.1) is 0 Å². The Balaban J connectivity index is 1.64. The largest absolute Gasteiger partial charge is 0.497 e. The molecule has 0 unspecified atom stereocenters. The summed E-state index contributed by atoms with van der Waals surface area (Å²) >= 11 is 0. The van der Waals surface area contributed by atoms with Crippen LogP contribution in [0.25, 0.3) is 17.0 Å². The van der Waals surface area contributed by atoms with Crippen LogP contribution in [0.2, 0.25) is 0 Å². The first-order chi connectivity index (χ1) is 15.2. The fourth-order valence-corrected chi connectivity index (χ4v) is 3.48. The van der Waals surface area contributed by atoms with E-state index in [9.17, 15) is 10.1 Å². The summed E-state index contributed by atoms with van der Waals surface area (Å²) < 4.78 is 7.26. The zero-order valence-corrected chi connectivity index (χ0v) is 17.1. The number of aromatic nitrogens is 1. The number of rotatable bonds is 6. The van der Waals surface area contributed by atoms with Gasteiger partial charge in [-0.25, -0.2) is 0 Å². The van der Waals surface area contributed by atoms with Gasteiger partial charge >= 0.3 is 0 Å². The van der Waals surface area contributed by atoms with Gasteiger partial charge in [0.15, 0.2) is 0 Å². The van der Waals surface area contributed by atoms with E-state index in [-0.39, 0.29) is 5.57 Å². The Morgan fingerprint density at radius 3 is 2.45 bits per heavy atom. The fraction of sp³-hybridized carbons (Fsp3) is 0.0769. The maximum absolute atomic E-state index is 12.7. The molecule has 31 heavy (non-hydrogen) atoms. The molecule has 4 rings (SSSR count). The van der Waals surface area contributed by atoms with Crippen molar-refractivity contribution < 1.29 is 9.53 Å². The summed E-state index contributed by atoms with van der Waals surface area (Å²) in [5.74, 6) is 0.243. The third-order valence-electron chi connectivity index (χ3n) is 5.03. The van der Waals surface area contributed by atoms with E-state index in [1.165, 1.54) is 5.56 Å². The first-order valence-electron chi connectivity index (χ1n) is 9.87. The number of anilines is 1. The SMILES string of the molecule is COc1ccc(NC(=O)/C(C#N)=C/c2cn(Cc3ccccc3)c3ccccc23)cc1. The molecule has 5 nitrogen and oxygen atoms in total. The molecular weight excluding hydrogens is 386 g/mol. The van der Waals surface area contributed by atoms with Crippen LogP contribution in [0.4, 0.5) is 5.69 Å². The van der Waals surface area contributed by atoms with Crippen LogP contribution in [-0.4, -0.2) is 17.6 Å². The predicted octanol–water partition coefficient (Wildman–Crippen LogP) is 5.24. The van der Waals surface area contributed by atoms with Crippen molar-refractivity contribution in [1.82, 2.24) is 4.57 Å². The smallest absolute Gasteiger partial charge is 0.266 e. The summed E-state index contributed by atoms with van der Waals surface area (Å²) in [4.78, 5) is 12.7. The van der Waals surface area contributed by atoms with E-state index in [1.807, 2.05) is 54.7 Å². The van der Waals surface area contributed by atoms with Gasteiger partial charge in [0.2, 0.25) is 0 Å². The van der Waals surface area contributed by atoms with Crippen molar-refractivity contribution in [2.45, 2.75) is 6.54 Å². The molecule has 3 aromatic carbocycles. The molecule has 0 aliphatic rings. The molecule has 1 heterocycles. The molecule has 5 heteroatoms. The van der Waals surface area contributed by atoms with Gasteiger partial charge < -0.3 is 14.6 Å². The number of para-hydroxylation sites is 1. The Morgan fingerprint density at radius 2 is 1.74 bits per heavy atom. The van der Waals surface area contributed by atoms with E-state index in [4.69, 9.17) is 4.74 Å². The minimum Gasteiger partial charge on any atom is -0.497 e. The Hall–Kier alpha value is -4.30. The molecule has 0 bridgehead atoms. The number of carbonyl (C=O) groups is 1. The van der Waals surface area contributed by atoms with E-state index in [0.29, 0.717) is 18.0 Å². The summed E-state index contributed by atoms with van der Waals surface area (Å²) in [6.45, 7) is 0.703. The number of fused-ring (bicyclic) bond motifs is 1. The second-order valence-electron chi connectivity index (χ2n) is 7.07. The summed E-state index contributed by atoms with van der Waals surface area (Å²) in [5, 5.41) is 13.4. The number of nitrogens with one attached hydrogen (secondary N) is 1. The maximum Gasteiger partial charge on any atom is 0.266 e. The van der Waals surface area contributed by atoms with Crippen molar-refractivity contribution in [1.29, 1.82) is 5.26 Å². The molecule has 1 aromatic heterocycles. The number of ether oxygens (including phenoxy) is 1. The number of carbonyl (C=O) groups excluding carboxylic acids is 1. The lowest BCUT2D eigenvalue weighted by atomic mass is 10.1. The van der Waals surface area contributed by atoms with Crippen molar-refractivity contribution >= 4 is 28.6 Å². The van der Waals surface area contributed by atoms with Gasteiger partial charge in [-0.05, 0) is 42.0 Å². The molecule has 0 radical (unpaired) electrons. The van der Waals surface area contributed by atoms with Crippen molar-refractivity contribution in [3.05, 3.63) is 102 Å². The van der Waals surface area contributed by atoms with E-state index in [0.717, 1.165) is 16.5 Å². The highest BCUT2D eigenvalue weighted by Gasteiger charge is 2.13. The van der Waals surface area contributed by atoms with E-state index >= 15 is 0 Å². The zero-order chi connectivity index (χ0) is 21.6. The highest BCUT2D eigenvalue weighted by molar-refractivity contribution is 6.10. The molecule has 152 valence electrons. The Labute approximate surface area is 180 Å². The predicted molar refractivity (Wildman–Crippen MR) is 123 cm³/mol. The molecule has 0 spiro atoms. The molecule has 0 fully saturated rings. The normalized spacial score (nSPS) is 11.2. The van der Waals surface area contributed by atoms with Gasteiger partial charge in [0.25, 0.3) is 5.91 Å². The molecule has 0 atom stereocenters. The first kappa shape index (κ1) is 20.0. The van der Waals surface area contributed by atoms with Gasteiger partial charge in [0.05, 0.1) is 7.11 Å². The molecule has 0 aliphatic carbocycles. The van der Waals surface area contributed by atoms with Gasteiger partial charge in [-0.1, -0.05) is 48.5 Å². The lowest BCUT2D eigenvalue weighted by Gasteiger charge is -2.05. The highest BCUT2D eigenvalue weighted by Crippen LogP contribution is 2.25. The second kappa shape index (κ2) is 9.02. The average Bonchev–Trinajstić information content (AvgIpc) is 3.15. The van der Waals surface area contributed by atoms with Crippen LogP contribution in [0.15, 0.2) is 90.6 Å². The fourth-order valence-electron chi connectivity index (χ4n) is 3.48. The highest BCUT2D eigenvalue weighted by atomic mass is 16.5. The zero-order valence-electron chi connectivity index (χ0n) is 17.1. The Morgan fingerprint density at radius 1 is 1.03 bits per heavy atom. The van der Waals surface area contributed by atoms with E-state index in [2.05, 4.69) is 22.0 Å². The molecule has 0 saturated carbocycles. The second-order valence-corrected chi connectivity index (χ2v) is 7.07. The number of hydrogen-bond donors (Lipinski definition) is 1. The van der Waals surface area contributed by atoms with Crippen LogP contribution in [0, 0.1) is 11.3 Å². The number of nitriles is 1. The van der Waals surface area contributed by atoms with E-state index in [1.54, 1.807) is 37.5 Å². The standard InChI is InChI=1S/C26H21N3O2/c1-31-23-13-11-22(12-14-23)28-26(30)20(16-27)15-21-18-29(17-19-7-3-2-4-8-19)25-10-6-5-9-24(21)25/h2-15,18H,17H2,1H3,(H,28,30)/b20-15+. The van der Waals surface area contributed by atoms with Gasteiger partial charge in [-0.3, -0.25) is 4.79 Å². The van der Waals surface area contributed by atoms with Crippen LogP contribution >= 0.6 is 0 Å². The number of amides is 1. The van der Waals surface area contributed by atoms with Crippen LogP contribution < -0.4 is 10.1 Å². The molecular formula is C26H21N3O2. The minimum absolute atomic E-state index is 0.0402. The number of benzene rings is 3. The monoisotopic (exact) mass is 407 g/mol. The topological polar surface area (TPSA) is 67.0 Å². The quantitative estimate of drug-likeness (QED) is 0.351. The Kier molecular flexibility index (Phi) is 5.82. The van der Waals surface area contributed by atoms with Crippen molar-refractivity contribution in [2.75, 3.05) is 12.4 Å². The Bertz CT molecular complexity index is 1280. The third-order valence-corrected chi connectivity index (χ3v) is 5.03. The van der Waals surface area contributed by atoms with Crippen molar-refractivity contribution in [3.63, 3.8) is 0 Å². The molecule has 4 aromatic rings. The molecule has 0 saturated heterocycles. The van der Waals surface area contributed by atoms with Crippen LogP contribution in [0.5, 0.6) is 5.75 Å². The maximum atomic E-state index is 12.7. The molecule has 0 aliphatic heterocycles. The summed E-state index contributed by atoms with van der Waals surface area (Å²) in [5.41, 5.74) is 3.69. The number of methoxy groups -OCH3 is 1. The molecule has 1 amide bonds. The molecule has 1 N–H and O–H groups in total. The van der Waals surface area contributed by atoms with Crippen LogP contribution in [0.3, 0.4) is 0 Å². The third kappa shape index (κ3) is 4.49. The number of nitrogens with zero attached hydrogens (tertiary/aromatic N) is 2. The first-order valence-corrected chi connectivity index (χ1v) is 9.87. The van der Waals surface area contributed by atoms with Crippen LogP contribution in [-0.2, 0) is 11.3 Å². The van der Waals surface area contributed by atoms with E-state index < -0.39 is 5.91 Å². The summed E-state index contributed by atoms with van der Waals surface area (Å²) in [7, 11) is 1.58. The lowest BCUT2D eigenvalue weighted by molar-refractivity contribution is -0.112. The average molecular weight is 407 g/mol. The summed E-state index contributed by atoms with van der Waals surface area (Å²) in [6, 6.07) is 27.2. The van der Waals surface area contributed by atoms with Crippen molar-refractivity contribution in [2.24, 2.45) is 0 Å². The van der Waals surface area contributed by atoms with Gasteiger partial charge in [0, 0.05) is 34.9 Å². The van der Waals surface area contributed by atoms with Gasteiger partial charge in [0.1, 0.15) is 17.4 Å². The number of hydrogen-bond acceptors (Lipinski definition) is 3.